The van der Waals surface area contributed by atoms with Gasteiger partial charge in [-0.15, -0.1) is 0 Å². The Balaban J connectivity index is 1.68. The van der Waals surface area contributed by atoms with Crippen LogP contribution < -0.4 is 27.0 Å². The van der Waals surface area contributed by atoms with E-state index in [0.717, 1.165) is 0 Å². The third-order valence-corrected chi connectivity index (χ3v) is 7.72. The van der Waals surface area contributed by atoms with Gasteiger partial charge in [-0.05, 0) is 49.8 Å². The molecule has 1 fully saturated rings. The Morgan fingerprint density at radius 2 is 1.66 bits per heavy atom. The molecule has 16 heteroatoms. The smallest absolute Gasteiger partial charge is 0.326 e. The highest BCUT2D eigenvalue weighted by Crippen LogP contribution is 2.21. The molecule has 0 unspecified atom stereocenters. The summed E-state index contributed by atoms with van der Waals surface area (Å²) in [7, 11) is 0. The highest BCUT2D eigenvalue weighted by Gasteiger charge is 2.39. The van der Waals surface area contributed by atoms with Crippen LogP contribution >= 0.6 is 0 Å². The lowest BCUT2D eigenvalue weighted by Crippen LogP contribution is -2.58. The Labute approximate surface area is 272 Å². The van der Waals surface area contributed by atoms with Crippen molar-refractivity contribution >= 4 is 35.5 Å². The number of imidazole rings is 1. The summed E-state index contributed by atoms with van der Waals surface area (Å²) in [6.45, 7) is 5.06. The lowest BCUT2D eigenvalue weighted by Gasteiger charge is -2.31. The molecule has 47 heavy (non-hydrogen) atoms. The van der Waals surface area contributed by atoms with E-state index < -0.39 is 65.7 Å². The summed E-state index contributed by atoms with van der Waals surface area (Å²) >= 11 is 0. The number of carboxylic acid groups (broad SMARTS) is 1. The quantitative estimate of drug-likeness (QED) is 0.109. The average molecular weight is 657 g/mol. The van der Waals surface area contributed by atoms with Gasteiger partial charge < -0.3 is 47.1 Å². The summed E-state index contributed by atoms with van der Waals surface area (Å²) in [6, 6.07) is 0.675. The van der Waals surface area contributed by atoms with Gasteiger partial charge in [-0.1, -0.05) is 26.0 Å². The number of carboxylic acids is 1. The molecule has 5 amide bonds. The number of likely N-dealkylation sites (tertiary alicyclic amines) is 1. The maximum Gasteiger partial charge on any atom is 0.326 e. The molecule has 5 atom stereocenters. The van der Waals surface area contributed by atoms with Gasteiger partial charge in [-0.3, -0.25) is 24.0 Å². The van der Waals surface area contributed by atoms with Crippen molar-refractivity contribution in [3.63, 3.8) is 0 Å². The molecule has 0 radical (unpaired) electrons. The van der Waals surface area contributed by atoms with Gasteiger partial charge in [-0.2, -0.15) is 0 Å². The van der Waals surface area contributed by atoms with E-state index in [2.05, 4.69) is 31.2 Å². The Kier molecular flexibility index (Phi) is 13.3. The van der Waals surface area contributed by atoms with Gasteiger partial charge in [0.25, 0.3) is 0 Å². The van der Waals surface area contributed by atoms with E-state index in [4.69, 9.17) is 5.73 Å². The molecule has 16 nitrogen and oxygen atoms in total. The summed E-state index contributed by atoms with van der Waals surface area (Å²) in [5, 5.41) is 29.6. The van der Waals surface area contributed by atoms with Crippen molar-refractivity contribution in [1.29, 1.82) is 0 Å². The Hall–Kier alpha value is -4.99. The summed E-state index contributed by atoms with van der Waals surface area (Å²) < 4.78 is 0. The zero-order valence-corrected chi connectivity index (χ0v) is 26.7. The van der Waals surface area contributed by atoms with Crippen LogP contribution in [0.5, 0.6) is 5.75 Å². The number of rotatable bonds is 16. The average Bonchev–Trinajstić information content (AvgIpc) is 3.73. The van der Waals surface area contributed by atoms with E-state index in [1.807, 2.05) is 13.8 Å². The molecule has 3 rings (SSSR count). The van der Waals surface area contributed by atoms with Gasteiger partial charge in [0.05, 0.1) is 12.9 Å². The normalized spacial score (nSPS) is 16.9. The van der Waals surface area contributed by atoms with Gasteiger partial charge in [0.2, 0.25) is 29.5 Å². The lowest BCUT2D eigenvalue weighted by atomic mass is 10.0. The molecule has 0 bridgehead atoms. The second-order valence-electron chi connectivity index (χ2n) is 12.0. The van der Waals surface area contributed by atoms with Crippen LogP contribution in [0.2, 0.25) is 0 Å². The summed E-state index contributed by atoms with van der Waals surface area (Å²) in [5.41, 5.74) is 6.58. The molecular weight excluding hydrogens is 612 g/mol. The van der Waals surface area contributed by atoms with E-state index in [9.17, 15) is 39.0 Å². The molecule has 1 aliphatic rings. The van der Waals surface area contributed by atoms with E-state index in [0.29, 0.717) is 24.1 Å². The number of carbonyl (C=O) groups is 6. The number of aromatic amines is 1. The Morgan fingerprint density at radius 1 is 0.957 bits per heavy atom. The standard InChI is InChI=1S/C31H44N8O8/c1-17(2)11-23(30(45)39-10-4-5-25(39)29(44)38-24(31(46)47)13-20-15-33-16-34-20)37-27(42)18(3)35-28(43)22(36-26(41)14-32)12-19-6-8-21(40)9-7-19/h6-9,15-18,22-25,40H,4-5,10-14,32H2,1-3H3,(H,33,34)(H,35,43)(H,36,41)(H,37,42)(H,38,44)(H,46,47)/t18-,22-,23-,24-,25-/m0/s1. The van der Waals surface area contributed by atoms with Crippen molar-refractivity contribution in [3.05, 3.63) is 48.0 Å². The topological polar surface area (TPSA) is 249 Å². The number of phenols is 1. The molecule has 0 spiro atoms. The summed E-state index contributed by atoms with van der Waals surface area (Å²) in [5.74, 6) is -4.24. The zero-order valence-electron chi connectivity index (χ0n) is 26.7. The van der Waals surface area contributed by atoms with Crippen molar-refractivity contribution in [3.8, 4) is 5.75 Å². The monoisotopic (exact) mass is 656 g/mol. The molecule has 1 aromatic heterocycles. The zero-order chi connectivity index (χ0) is 34.7. The van der Waals surface area contributed by atoms with Crippen LogP contribution in [-0.2, 0) is 41.6 Å². The Bertz CT molecular complexity index is 1400. The highest BCUT2D eigenvalue weighted by atomic mass is 16.4. The number of H-pyrrole nitrogens is 1. The first kappa shape index (κ1) is 36.5. The number of nitrogens with zero attached hydrogens (tertiary/aromatic N) is 2. The third-order valence-electron chi connectivity index (χ3n) is 7.72. The Morgan fingerprint density at radius 3 is 2.26 bits per heavy atom. The van der Waals surface area contributed by atoms with Crippen LogP contribution in [0.4, 0.5) is 0 Å². The number of nitrogens with two attached hydrogens (primary N) is 1. The number of phenolic OH excluding ortho intramolecular Hbond substituents is 1. The lowest BCUT2D eigenvalue weighted by molar-refractivity contribution is -0.145. The van der Waals surface area contributed by atoms with Crippen molar-refractivity contribution in [2.24, 2.45) is 11.7 Å². The minimum absolute atomic E-state index is 0.0247. The van der Waals surface area contributed by atoms with Gasteiger partial charge in [0.15, 0.2) is 0 Å². The molecule has 1 aromatic carbocycles. The maximum atomic E-state index is 13.8. The molecule has 1 aliphatic heterocycles. The number of nitrogens with one attached hydrogen (secondary N) is 5. The first-order valence-corrected chi connectivity index (χ1v) is 15.5. The second kappa shape index (κ2) is 17.1. The predicted molar refractivity (Wildman–Crippen MR) is 168 cm³/mol. The summed E-state index contributed by atoms with van der Waals surface area (Å²) in [4.78, 5) is 85.4. The van der Waals surface area contributed by atoms with Crippen LogP contribution in [-0.4, -0.2) is 104 Å². The van der Waals surface area contributed by atoms with Crippen molar-refractivity contribution in [2.75, 3.05) is 13.1 Å². The van der Waals surface area contributed by atoms with Crippen LogP contribution in [0.3, 0.4) is 0 Å². The number of carbonyl (C=O) groups excluding carboxylic acids is 5. The van der Waals surface area contributed by atoms with Crippen molar-refractivity contribution < 1.29 is 39.0 Å². The molecule has 9 N–H and O–H groups in total. The van der Waals surface area contributed by atoms with Gasteiger partial charge >= 0.3 is 5.97 Å². The fraction of sp³-hybridized carbons (Fsp3) is 0.516. The fourth-order valence-electron chi connectivity index (χ4n) is 5.29. The van der Waals surface area contributed by atoms with Crippen LogP contribution in [0, 0.1) is 5.92 Å². The number of benzene rings is 1. The summed E-state index contributed by atoms with van der Waals surface area (Å²) in [6.07, 6.45) is 3.96. The number of hydrogen-bond acceptors (Lipinski definition) is 9. The molecule has 2 aromatic rings. The SMILES string of the molecule is CC(C)C[C@H](NC(=O)[C@H](C)NC(=O)[C@H](Cc1ccc(O)cc1)NC(=O)CN)C(=O)N1CCC[C@H]1C(=O)N[C@@H](Cc1cnc[nH]1)C(=O)O. The van der Waals surface area contributed by atoms with Crippen molar-refractivity contribution in [2.45, 2.75) is 83.1 Å². The van der Waals surface area contributed by atoms with Gasteiger partial charge in [-0.25, -0.2) is 9.78 Å². The first-order chi connectivity index (χ1) is 22.3. The number of hydrogen-bond donors (Lipinski definition) is 8. The molecule has 0 aliphatic carbocycles. The molecule has 1 saturated heterocycles. The van der Waals surface area contributed by atoms with Crippen LogP contribution in [0.25, 0.3) is 0 Å². The maximum absolute atomic E-state index is 13.8. The van der Waals surface area contributed by atoms with E-state index >= 15 is 0 Å². The number of aliphatic carboxylic acids is 1. The van der Waals surface area contributed by atoms with E-state index in [1.165, 1.54) is 36.5 Å². The largest absolute Gasteiger partial charge is 0.508 e. The number of aromatic hydroxyl groups is 1. The van der Waals surface area contributed by atoms with Crippen LogP contribution in [0.15, 0.2) is 36.8 Å². The van der Waals surface area contributed by atoms with E-state index in [-0.39, 0.29) is 44.0 Å². The van der Waals surface area contributed by atoms with Crippen molar-refractivity contribution in [1.82, 2.24) is 36.1 Å². The van der Waals surface area contributed by atoms with Crippen LogP contribution in [0.1, 0.15) is 51.3 Å². The number of amides is 5. The molecule has 256 valence electrons. The third kappa shape index (κ3) is 10.8. The minimum Gasteiger partial charge on any atom is -0.508 e. The molecule has 0 saturated carbocycles. The molecular formula is C31H44N8O8. The van der Waals surface area contributed by atoms with Gasteiger partial charge in [0.1, 0.15) is 36.0 Å². The fourth-order valence-corrected chi connectivity index (χ4v) is 5.29. The first-order valence-electron chi connectivity index (χ1n) is 15.5. The highest BCUT2D eigenvalue weighted by molar-refractivity contribution is 5.96. The molecule has 2 heterocycles. The minimum atomic E-state index is -1.25. The second-order valence-corrected chi connectivity index (χ2v) is 12.0. The van der Waals surface area contributed by atoms with E-state index in [1.54, 1.807) is 12.1 Å². The number of aromatic nitrogens is 2. The van der Waals surface area contributed by atoms with Gasteiger partial charge in [0, 0.05) is 31.3 Å². The predicted octanol–water partition coefficient (Wildman–Crippen LogP) is -1.06.